The van der Waals surface area contributed by atoms with E-state index in [2.05, 4.69) is 15.2 Å². The predicted molar refractivity (Wildman–Crippen MR) is 113 cm³/mol. The van der Waals surface area contributed by atoms with Crippen LogP contribution in [0, 0.1) is 0 Å². The molecule has 0 N–H and O–H groups in total. The number of fused-ring (bicyclic) bond motifs is 1. The van der Waals surface area contributed by atoms with Crippen LogP contribution >= 0.6 is 34.7 Å². The number of halogens is 1. The molecule has 3 heterocycles. The van der Waals surface area contributed by atoms with Gasteiger partial charge in [0.05, 0.1) is 17.2 Å². The van der Waals surface area contributed by atoms with Crippen LogP contribution in [0.15, 0.2) is 49.8 Å². The van der Waals surface area contributed by atoms with Gasteiger partial charge in [0, 0.05) is 11.6 Å². The molecule has 10 heteroatoms. The summed E-state index contributed by atoms with van der Waals surface area (Å²) in [6.45, 7) is 2.89. The number of nitrogens with zero attached hydrogens (tertiary/aromatic N) is 4. The number of thioether (sulfide) groups is 1. The average Bonchev–Trinajstić information content (AvgIpc) is 3.45. The maximum Gasteiger partial charge on any atom is 0.257 e. The van der Waals surface area contributed by atoms with Crippen LogP contribution in [-0.4, -0.2) is 38.3 Å². The van der Waals surface area contributed by atoms with Gasteiger partial charge in [0.2, 0.25) is 11.8 Å². The van der Waals surface area contributed by atoms with E-state index in [-0.39, 0.29) is 18.2 Å². The lowest BCUT2D eigenvalue weighted by Crippen LogP contribution is -2.32. The van der Waals surface area contributed by atoms with E-state index in [9.17, 15) is 4.79 Å². The number of benzene rings is 1. The third-order valence-electron chi connectivity index (χ3n) is 4.02. The van der Waals surface area contributed by atoms with Crippen molar-refractivity contribution in [3.8, 4) is 10.8 Å². The minimum atomic E-state index is -0.0481. The van der Waals surface area contributed by atoms with Gasteiger partial charge in [0.1, 0.15) is 5.52 Å². The first-order valence-corrected chi connectivity index (χ1v) is 11.2. The second-order valence-electron chi connectivity index (χ2n) is 6.17. The van der Waals surface area contributed by atoms with Gasteiger partial charge in [-0.15, -0.1) is 21.5 Å². The lowest BCUT2D eigenvalue weighted by atomic mass is 10.3. The molecule has 4 rings (SSSR count). The van der Waals surface area contributed by atoms with Crippen LogP contribution in [0.4, 0.5) is 0 Å². The Labute approximate surface area is 180 Å². The standard InChI is InChI=1S/C19H17ClN4O3S2/c1-2-7-24(10-16-22-23-18(27-16)15-4-3-8-28-15)17(25)11-29-19-21-13-9-12(20)5-6-14(13)26-19/h3-6,8-9H,2,7,10-11H2,1H3. The monoisotopic (exact) mass is 448 g/mol. The number of hydrogen-bond donors (Lipinski definition) is 0. The molecule has 0 aliphatic heterocycles. The number of amides is 1. The normalized spacial score (nSPS) is 11.2. The number of carbonyl (C=O) groups is 1. The molecule has 1 aromatic carbocycles. The molecule has 29 heavy (non-hydrogen) atoms. The zero-order valence-electron chi connectivity index (χ0n) is 15.5. The topological polar surface area (TPSA) is 85.3 Å². The van der Waals surface area contributed by atoms with Crippen molar-refractivity contribution in [2.75, 3.05) is 12.3 Å². The Morgan fingerprint density at radius 3 is 2.97 bits per heavy atom. The van der Waals surface area contributed by atoms with Crippen molar-refractivity contribution in [1.82, 2.24) is 20.1 Å². The molecule has 150 valence electrons. The Balaban J connectivity index is 1.40. The second-order valence-corrected chi connectivity index (χ2v) is 8.48. The van der Waals surface area contributed by atoms with E-state index in [4.69, 9.17) is 20.4 Å². The van der Waals surface area contributed by atoms with Crippen molar-refractivity contribution >= 4 is 51.7 Å². The molecule has 0 aliphatic carbocycles. The summed E-state index contributed by atoms with van der Waals surface area (Å²) in [7, 11) is 0. The first kappa shape index (κ1) is 19.9. The number of thiophene rings is 1. The molecule has 3 aromatic heterocycles. The van der Waals surface area contributed by atoms with E-state index in [1.807, 2.05) is 24.4 Å². The predicted octanol–water partition coefficient (Wildman–Crippen LogP) is 5.12. The fourth-order valence-corrected chi connectivity index (χ4v) is 4.25. The molecular weight excluding hydrogens is 432 g/mol. The average molecular weight is 449 g/mol. The fourth-order valence-electron chi connectivity index (χ4n) is 2.70. The first-order chi connectivity index (χ1) is 14.1. The number of carbonyl (C=O) groups excluding carboxylic acids is 1. The smallest absolute Gasteiger partial charge is 0.257 e. The summed E-state index contributed by atoms with van der Waals surface area (Å²) >= 11 is 8.75. The zero-order valence-corrected chi connectivity index (χ0v) is 17.9. The SMILES string of the molecule is CCCN(Cc1nnc(-c2cccs2)o1)C(=O)CSc1nc2cc(Cl)ccc2o1. The van der Waals surface area contributed by atoms with Crippen molar-refractivity contribution in [3.05, 3.63) is 46.6 Å². The van der Waals surface area contributed by atoms with Gasteiger partial charge < -0.3 is 13.7 Å². The van der Waals surface area contributed by atoms with E-state index in [0.717, 1.165) is 11.3 Å². The fraction of sp³-hybridized carbons (Fsp3) is 0.263. The van der Waals surface area contributed by atoms with Gasteiger partial charge in [-0.2, -0.15) is 0 Å². The van der Waals surface area contributed by atoms with Crippen LogP contribution in [0.3, 0.4) is 0 Å². The summed E-state index contributed by atoms with van der Waals surface area (Å²) in [6.07, 6.45) is 0.823. The minimum absolute atomic E-state index is 0.0481. The maximum absolute atomic E-state index is 12.7. The first-order valence-electron chi connectivity index (χ1n) is 8.95. The highest BCUT2D eigenvalue weighted by molar-refractivity contribution is 7.99. The minimum Gasteiger partial charge on any atom is -0.431 e. The van der Waals surface area contributed by atoms with Crippen molar-refractivity contribution in [2.24, 2.45) is 0 Å². The third-order valence-corrected chi connectivity index (χ3v) is 5.93. The molecule has 0 aliphatic rings. The van der Waals surface area contributed by atoms with Crippen LogP contribution in [0.25, 0.3) is 21.9 Å². The van der Waals surface area contributed by atoms with Crippen LogP contribution < -0.4 is 0 Å². The molecule has 0 spiro atoms. The molecule has 0 radical (unpaired) electrons. The van der Waals surface area contributed by atoms with Gasteiger partial charge in [0.25, 0.3) is 11.1 Å². The summed E-state index contributed by atoms with van der Waals surface area (Å²) < 4.78 is 11.4. The zero-order chi connectivity index (χ0) is 20.2. The Morgan fingerprint density at radius 1 is 1.28 bits per heavy atom. The molecule has 1 amide bonds. The van der Waals surface area contributed by atoms with E-state index in [0.29, 0.717) is 39.7 Å². The van der Waals surface area contributed by atoms with Crippen LogP contribution in [0.5, 0.6) is 0 Å². The number of aromatic nitrogens is 3. The Hall–Kier alpha value is -2.36. The number of hydrogen-bond acceptors (Lipinski definition) is 8. The van der Waals surface area contributed by atoms with Gasteiger partial charge in [-0.3, -0.25) is 4.79 Å². The van der Waals surface area contributed by atoms with E-state index >= 15 is 0 Å². The lowest BCUT2D eigenvalue weighted by molar-refractivity contribution is -0.129. The third kappa shape index (κ3) is 4.80. The van der Waals surface area contributed by atoms with Crippen molar-refractivity contribution in [3.63, 3.8) is 0 Å². The summed E-state index contributed by atoms with van der Waals surface area (Å²) in [6, 6.07) is 9.08. The molecule has 0 saturated heterocycles. The second kappa shape index (κ2) is 8.98. The van der Waals surface area contributed by atoms with E-state index in [1.54, 1.807) is 23.1 Å². The van der Waals surface area contributed by atoms with Crippen molar-refractivity contribution in [1.29, 1.82) is 0 Å². The van der Waals surface area contributed by atoms with E-state index < -0.39 is 0 Å². The van der Waals surface area contributed by atoms with Crippen LogP contribution in [0.1, 0.15) is 19.2 Å². The molecule has 0 bridgehead atoms. The highest BCUT2D eigenvalue weighted by Crippen LogP contribution is 2.26. The Morgan fingerprint density at radius 2 is 2.17 bits per heavy atom. The number of oxazole rings is 1. The molecule has 0 unspecified atom stereocenters. The lowest BCUT2D eigenvalue weighted by Gasteiger charge is -2.19. The summed E-state index contributed by atoms with van der Waals surface area (Å²) in [4.78, 5) is 19.7. The number of rotatable bonds is 8. The highest BCUT2D eigenvalue weighted by atomic mass is 35.5. The summed E-state index contributed by atoms with van der Waals surface area (Å²) in [5.41, 5.74) is 1.31. The van der Waals surface area contributed by atoms with Crippen LogP contribution in [-0.2, 0) is 11.3 Å². The van der Waals surface area contributed by atoms with Crippen molar-refractivity contribution in [2.45, 2.75) is 25.1 Å². The Bertz CT molecular complexity index is 1110. The quantitative estimate of drug-likeness (QED) is 0.345. The molecule has 0 saturated carbocycles. The van der Waals surface area contributed by atoms with Crippen LogP contribution in [0.2, 0.25) is 5.02 Å². The van der Waals surface area contributed by atoms with Gasteiger partial charge in [-0.25, -0.2) is 4.98 Å². The van der Waals surface area contributed by atoms with Gasteiger partial charge in [0.15, 0.2) is 5.58 Å². The largest absolute Gasteiger partial charge is 0.431 e. The van der Waals surface area contributed by atoms with E-state index in [1.165, 1.54) is 23.1 Å². The summed E-state index contributed by atoms with van der Waals surface area (Å²) in [5.74, 6) is 1.04. The molecule has 7 nitrogen and oxygen atoms in total. The molecular formula is C19H17ClN4O3S2. The molecule has 4 aromatic rings. The molecule has 0 atom stereocenters. The maximum atomic E-state index is 12.7. The van der Waals surface area contributed by atoms with Gasteiger partial charge in [-0.05, 0) is 36.1 Å². The molecule has 0 fully saturated rings. The Kier molecular flexibility index (Phi) is 6.17. The van der Waals surface area contributed by atoms with Gasteiger partial charge >= 0.3 is 0 Å². The van der Waals surface area contributed by atoms with Gasteiger partial charge in [-0.1, -0.05) is 36.4 Å². The van der Waals surface area contributed by atoms with Crippen molar-refractivity contribution < 1.29 is 13.6 Å². The highest BCUT2D eigenvalue weighted by Gasteiger charge is 2.19. The summed E-state index contributed by atoms with van der Waals surface area (Å²) in [5, 5.41) is 11.1.